The molecule has 2 heterocycles. The average molecular weight is 384 g/mol. The van der Waals surface area contributed by atoms with E-state index in [9.17, 15) is 5.11 Å². The van der Waals surface area contributed by atoms with E-state index in [1.807, 2.05) is 51.1 Å². The van der Waals surface area contributed by atoms with Crippen LogP contribution in [0.3, 0.4) is 0 Å². The van der Waals surface area contributed by atoms with Crippen LogP contribution in [0.5, 0.6) is 0 Å². The molecule has 1 aromatic carbocycles. The molecular formula is C20H22ClN5O. The van der Waals surface area contributed by atoms with Crippen molar-refractivity contribution in [3.05, 3.63) is 58.9 Å². The number of aliphatic hydroxyl groups excluding tert-OH is 1. The third-order valence-electron chi connectivity index (χ3n) is 4.10. The first-order valence-corrected chi connectivity index (χ1v) is 9.04. The molecule has 0 radical (unpaired) electrons. The quantitative estimate of drug-likeness (QED) is 0.587. The topological polar surface area (TPSA) is 83.0 Å². The van der Waals surface area contributed by atoms with E-state index in [2.05, 4.69) is 25.6 Å². The number of hydrogen-bond acceptors (Lipinski definition) is 6. The van der Waals surface area contributed by atoms with Gasteiger partial charge in [-0.3, -0.25) is 4.98 Å². The maximum atomic E-state index is 9.33. The molecule has 0 amide bonds. The van der Waals surface area contributed by atoms with Crippen molar-refractivity contribution in [1.82, 2.24) is 15.0 Å². The molecule has 0 saturated heterocycles. The molecule has 140 valence electrons. The first kappa shape index (κ1) is 19.1. The number of halogens is 1. The molecule has 0 saturated carbocycles. The predicted molar refractivity (Wildman–Crippen MR) is 110 cm³/mol. The van der Waals surface area contributed by atoms with E-state index in [1.165, 1.54) is 0 Å². The Morgan fingerprint density at radius 1 is 1.07 bits per heavy atom. The number of aliphatic hydroxyl groups is 1. The van der Waals surface area contributed by atoms with Gasteiger partial charge in [-0.1, -0.05) is 11.6 Å². The van der Waals surface area contributed by atoms with E-state index in [0.29, 0.717) is 16.8 Å². The van der Waals surface area contributed by atoms with Gasteiger partial charge in [0.2, 0.25) is 5.95 Å². The fourth-order valence-corrected chi connectivity index (χ4v) is 3.08. The van der Waals surface area contributed by atoms with E-state index >= 15 is 0 Å². The van der Waals surface area contributed by atoms with E-state index in [0.717, 1.165) is 28.1 Å². The summed E-state index contributed by atoms with van der Waals surface area (Å²) < 4.78 is 0. The van der Waals surface area contributed by atoms with Crippen molar-refractivity contribution in [2.75, 3.05) is 17.2 Å². The van der Waals surface area contributed by atoms with Crippen LogP contribution in [0, 0.1) is 13.8 Å². The maximum absolute atomic E-state index is 9.33. The zero-order valence-electron chi connectivity index (χ0n) is 15.5. The number of hydrogen-bond donors (Lipinski definition) is 3. The van der Waals surface area contributed by atoms with Crippen LogP contribution in [0.4, 0.5) is 17.5 Å². The summed E-state index contributed by atoms with van der Waals surface area (Å²) in [4.78, 5) is 13.2. The summed E-state index contributed by atoms with van der Waals surface area (Å²) in [6.07, 6.45) is 3.45. The molecule has 0 aliphatic heterocycles. The Hall–Kier alpha value is -2.70. The molecule has 0 aliphatic rings. The molecule has 3 N–H and O–H groups in total. The monoisotopic (exact) mass is 383 g/mol. The van der Waals surface area contributed by atoms with Crippen LogP contribution < -0.4 is 10.6 Å². The van der Waals surface area contributed by atoms with Crippen LogP contribution in [0.1, 0.15) is 18.1 Å². The molecule has 27 heavy (non-hydrogen) atoms. The SMILES string of the molecule is Cc1cc(Cl)cc(C)c1Nc1cc(-c2ccncc2)nc(N[C@H](C)CO)n1. The largest absolute Gasteiger partial charge is 0.394 e. The Kier molecular flexibility index (Phi) is 5.88. The summed E-state index contributed by atoms with van der Waals surface area (Å²) in [5.74, 6) is 1.09. The van der Waals surface area contributed by atoms with Gasteiger partial charge in [0, 0.05) is 40.8 Å². The second-order valence-corrected chi connectivity index (χ2v) is 6.90. The molecule has 3 rings (SSSR count). The van der Waals surface area contributed by atoms with Crippen LogP contribution in [-0.4, -0.2) is 32.7 Å². The smallest absolute Gasteiger partial charge is 0.225 e. The van der Waals surface area contributed by atoms with Gasteiger partial charge in [-0.15, -0.1) is 0 Å². The molecule has 0 spiro atoms. The van der Waals surface area contributed by atoms with E-state index in [-0.39, 0.29) is 12.6 Å². The number of nitrogens with zero attached hydrogens (tertiary/aromatic N) is 3. The van der Waals surface area contributed by atoms with Gasteiger partial charge in [0.05, 0.1) is 12.3 Å². The molecule has 3 aromatic rings. The van der Waals surface area contributed by atoms with Gasteiger partial charge < -0.3 is 15.7 Å². The van der Waals surface area contributed by atoms with Crippen molar-refractivity contribution in [2.45, 2.75) is 26.8 Å². The van der Waals surface area contributed by atoms with Crippen molar-refractivity contribution < 1.29 is 5.11 Å². The summed E-state index contributed by atoms with van der Waals surface area (Å²) in [7, 11) is 0. The van der Waals surface area contributed by atoms with Gasteiger partial charge in [0.1, 0.15) is 5.82 Å². The maximum Gasteiger partial charge on any atom is 0.225 e. The van der Waals surface area contributed by atoms with E-state index in [1.54, 1.807) is 12.4 Å². The highest BCUT2D eigenvalue weighted by molar-refractivity contribution is 6.30. The lowest BCUT2D eigenvalue weighted by Gasteiger charge is -2.16. The third-order valence-corrected chi connectivity index (χ3v) is 4.32. The van der Waals surface area contributed by atoms with Crippen LogP contribution in [-0.2, 0) is 0 Å². The Balaban J connectivity index is 2.02. The minimum atomic E-state index is -0.162. The van der Waals surface area contributed by atoms with Gasteiger partial charge in [0.25, 0.3) is 0 Å². The first-order valence-electron chi connectivity index (χ1n) is 8.67. The second kappa shape index (κ2) is 8.33. The minimum absolute atomic E-state index is 0.0129. The van der Waals surface area contributed by atoms with Crippen molar-refractivity contribution >= 4 is 29.1 Å². The molecule has 0 unspecified atom stereocenters. The Morgan fingerprint density at radius 3 is 2.37 bits per heavy atom. The van der Waals surface area contributed by atoms with Crippen molar-refractivity contribution in [3.8, 4) is 11.3 Å². The normalized spacial score (nSPS) is 11.9. The van der Waals surface area contributed by atoms with Gasteiger partial charge in [-0.25, -0.2) is 4.98 Å². The summed E-state index contributed by atoms with van der Waals surface area (Å²) in [6, 6.07) is 9.33. The lowest BCUT2D eigenvalue weighted by molar-refractivity contribution is 0.281. The fourth-order valence-electron chi connectivity index (χ4n) is 2.75. The fraction of sp³-hybridized carbons (Fsp3) is 0.250. The summed E-state index contributed by atoms with van der Waals surface area (Å²) in [6.45, 7) is 5.85. The average Bonchev–Trinajstić information content (AvgIpc) is 2.65. The highest BCUT2D eigenvalue weighted by Gasteiger charge is 2.11. The highest BCUT2D eigenvalue weighted by atomic mass is 35.5. The number of aryl methyl sites for hydroxylation is 2. The van der Waals surface area contributed by atoms with Crippen molar-refractivity contribution in [1.29, 1.82) is 0 Å². The van der Waals surface area contributed by atoms with Crippen molar-refractivity contribution in [3.63, 3.8) is 0 Å². The van der Waals surface area contributed by atoms with Crippen molar-refractivity contribution in [2.24, 2.45) is 0 Å². The highest BCUT2D eigenvalue weighted by Crippen LogP contribution is 2.29. The summed E-state index contributed by atoms with van der Waals surface area (Å²) >= 11 is 6.14. The second-order valence-electron chi connectivity index (χ2n) is 6.47. The Labute approximate surface area is 163 Å². The van der Waals surface area contributed by atoms with Crippen LogP contribution >= 0.6 is 11.6 Å². The molecule has 0 fully saturated rings. The number of anilines is 3. The van der Waals surface area contributed by atoms with Crippen LogP contribution in [0.2, 0.25) is 5.02 Å². The molecule has 1 atom stereocenters. The number of rotatable bonds is 6. The molecular weight excluding hydrogens is 362 g/mol. The molecule has 2 aromatic heterocycles. The zero-order valence-corrected chi connectivity index (χ0v) is 16.2. The van der Waals surface area contributed by atoms with Gasteiger partial charge in [0.15, 0.2) is 0 Å². The predicted octanol–water partition coefficient (Wildman–Crippen LogP) is 4.35. The Bertz CT molecular complexity index is 910. The molecule has 7 heteroatoms. The van der Waals surface area contributed by atoms with Gasteiger partial charge in [-0.05, 0) is 56.2 Å². The summed E-state index contributed by atoms with van der Waals surface area (Å²) in [5, 5.41) is 16.5. The third kappa shape index (κ3) is 4.72. The number of aromatic nitrogens is 3. The zero-order chi connectivity index (χ0) is 19.4. The minimum Gasteiger partial charge on any atom is -0.394 e. The lowest BCUT2D eigenvalue weighted by Crippen LogP contribution is -2.21. The van der Waals surface area contributed by atoms with Gasteiger partial charge >= 0.3 is 0 Å². The van der Waals surface area contributed by atoms with E-state index in [4.69, 9.17) is 11.6 Å². The molecule has 0 aliphatic carbocycles. The first-order chi connectivity index (χ1) is 13.0. The van der Waals surface area contributed by atoms with Crippen LogP contribution in [0.25, 0.3) is 11.3 Å². The summed E-state index contributed by atoms with van der Waals surface area (Å²) in [5.41, 5.74) is 4.70. The number of benzene rings is 1. The lowest BCUT2D eigenvalue weighted by atomic mass is 10.1. The van der Waals surface area contributed by atoms with E-state index < -0.39 is 0 Å². The molecule has 0 bridgehead atoms. The standard InChI is InChI=1S/C20H22ClN5O/c1-12-8-16(21)9-13(2)19(12)25-18-10-17(15-4-6-22-7-5-15)24-20(26-18)23-14(3)11-27/h4-10,14,27H,11H2,1-3H3,(H2,23,24,25,26)/t14-/m1/s1. The van der Waals surface area contributed by atoms with Crippen LogP contribution in [0.15, 0.2) is 42.7 Å². The number of nitrogens with one attached hydrogen (secondary N) is 2. The Morgan fingerprint density at radius 2 is 1.74 bits per heavy atom. The number of pyridine rings is 1. The van der Waals surface area contributed by atoms with Gasteiger partial charge in [-0.2, -0.15) is 4.98 Å². The molecule has 6 nitrogen and oxygen atoms in total.